The lowest BCUT2D eigenvalue weighted by Gasteiger charge is -2.31. The van der Waals surface area contributed by atoms with Crippen molar-refractivity contribution in [3.8, 4) is 11.5 Å². The number of rotatable bonds is 3. The van der Waals surface area contributed by atoms with E-state index in [0.29, 0.717) is 11.7 Å². The van der Waals surface area contributed by atoms with Gasteiger partial charge in [0, 0.05) is 17.7 Å². The molecule has 16 heavy (non-hydrogen) atoms. The lowest BCUT2D eigenvalue weighted by molar-refractivity contribution is 0.260. The summed E-state index contributed by atoms with van der Waals surface area (Å²) >= 11 is 0. The van der Waals surface area contributed by atoms with E-state index < -0.39 is 0 Å². The predicted octanol–water partition coefficient (Wildman–Crippen LogP) is 2.62. The molecule has 0 radical (unpaired) electrons. The molecule has 1 aliphatic carbocycles. The molecule has 1 aromatic rings. The molecule has 3 nitrogen and oxygen atoms in total. The fourth-order valence-corrected chi connectivity index (χ4v) is 1.99. The zero-order chi connectivity index (χ0) is 10.8. The Bertz CT molecular complexity index is 353. The number of methoxy groups -OCH3 is 1. The lowest BCUT2D eigenvalue weighted by Crippen LogP contribution is -2.26. The van der Waals surface area contributed by atoms with Gasteiger partial charge in [0.1, 0.15) is 11.5 Å². The molecule has 1 aromatic carbocycles. The van der Waals surface area contributed by atoms with Crippen molar-refractivity contribution in [2.75, 3.05) is 7.11 Å². The number of phenols is 1. The van der Waals surface area contributed by atoms with Crippen LogP contribution in [-0.2, 0) is 0 Å². The van der Waals surface area contributed by atoms with Gasteiger partial charge in [-0.25, -0.2) is 0 Å². The van der Waals surface area contributed by atoms with Crippen LogP contribution in [0.5, 0.6) is 11.5 Å². The molecule has 90 valence electrons. The van der Waals surface area contributed by atoms with Gasteiger partial charge in [0.05, 0.1) is 7.11 Å². The third-order valence-corrected chi connectivity index (χ3v) is 3.25. The van der Waals surface area contributed by atoms with Crippen LogP contribution < -0.4 is 10.5 Å². The van der Waals surface area contributed by atoms with Gasteiger partial charge in [-0.15, -0.1) is 12.4 Å². The third-order valence-electron chi connectivity index (χ3n) is 3.25. The van der Waals surface area contributed by atoms with Gasteiger partial charge in [0.2, 0.25) is 0 Å². The lowest BCUT2D eigenvalue weighted by atomic mass is 9.77. The molecular weight excluding hydrogens is 226 g/mol. The molecule has 1 atom stereocenters. The normalized spacial score (nSPS) is 17.1. The SMILES string of the molecule is COc1ccc([C@H](N)C2CCC2)c(O)c1.Cl. The number of benzene rings is 1. The molecule has 4 heteroatoms. The smallest absolute Gasteiger partial charge is 0.124 e. The minimum Gasteiger partial charge on any atom is -0.507 e. The van der Waals surface area contributed by atoms with Gasteiger partial charge in [-0.05, 0) is 24.8 Å². The van der Waals surface area contributed by atoms with E-state index in [9.17, 15) is 5.11 Å². The van der Waals surface area contributed by atoms with Gasteiger partial charge < -0.3 is 15.6 Å². The molecule has 0 saturated heterocycles. The second kappa shape index (κ2) is 5.41. The summed E-state index contributed by atoms with van der Waals surface area (Å²) in [5.74, 6) is 1.44. The van der Waals surface area contributed by atoms with Crippen LogP contribution in [0.2, 0.25) is 0 Å². The summed E-state index contributed by atoms with van der Waals surface area (Å²) in [6.07, 6.45) is 3.61. The Hall–Kier alpha value is -0.930. The van der Waals surface area contributed by atoms with Crippen LogP contribution in [0.1, 0.15) is 30.9 Å². The van der Waals surface area contributed by atoms with Gasteiger partial charge in [-0.1, -0.05) is 12.5 Å². The molecule has 0 bridgehead atoms. The van der Waals surface area contributed by atoms with E-state index in [-0.39, 0.29) is 24.2 Å². The van der Waals surface area contributed by atoms with E-state index in [0.717, 1.165) is 5.56 Å². The quantitative estimate of drug-likeness (QED) is 0.858. The Balaban J connectivity index is 0.00000128. The summed E-state index contributed by atoms with van der Waals surface area (Å²) in [7, 11) is 1.58. The summed E-state index contributed by atoms with van der Waals surface area (Å²) in [4.78, 5) is 0. The van der Waals surface area contributed by atoms with Crippen molar-refractivity contribution in [2.24, 2.45) is 11.7 Å². The maximum absolute atomic E-state index is 9.80. The highest BCUT2D eigenvalue weighted by Crippen LogP contribution is 2.39. The van der Waals surface area contributed by atoms with Gasteiger partial charge in [-0.2, -0.15) is 0 Å². The zero-order valence-electron chi connectivity index (χ0n) is 9.35. The van der Waals surface area contributed by atoms with E-state index in [1.165, 1.54) is 19.3 Å². The molecule has 1 aliphatic rings. The third kappa shape index (κ3) is 2.42. The minimum absolute atomic E-state index is 0. The average Bonchev–Trinajstić information content (AvgIpc) is 2.14. The van der Waals surface area contributed by atoms with Crippen LogP contribution in [0.4, 0.5) is 0 Å². The van der Waals surface area contributed by atoms with Crippen LogP contribution >= 0.6 is 12.4 Å². The van der Waals surface area contributed by atoms with Crippen molar-refractivity contribution < 1.29 is 9.84 Å². The summed E-state index contributed by atoms with van der Waals surface area (Å²) in [5, 5.41) is 9.80. The number of halogens is 1. The highest BCUT2D eigenvalue weighted by Gasteiger charge is 2.27. The number of hydrogen-bond donors (Lipinski definition) is 2. The number of ether oxygens (including phenoxy) is 1. The first-order chi connectivity index (χ1) is 7.22. The molecule has 0 unspecified atom stereocenters. The predicted molar refractivity (Wildman–Crippen MR) is 66.2 cm³/mol. The molecular formula is C12H18ClNO2. The van der Waals surface area contributed by atoms with Crippen molar-refractivity contribution >= 4 is 12.4 Å². The monoisotopic (exact) mass is 243 g/mol. The van der Waals surface area contributed by atoms with Crippen LogP contribution in [0.3, 0.4) is 0 Å². The molecule has 0 amide bonds. The topological polar surface area (TPSA) is 55.5 Å². The summed E-state index contributed by atoms with van der Waals surface area (Å²) in [6.45, 7) is 0. The Labute approximate surface area is 102 Å². The standard InChI is InChI=1S/C12H17NO2.ClH/c1-15-9-5-6-10(11(14)7-9)12(13)8-3-2-4-8;/h5-8,12,14H,2-4,13H2,1H3;1H/t12-;/m1./s1. The summed E-state index contributed by atoms with van der Waals surface area (Å²) in [5.41, 5.74) is 6.93. The van der Waals surface area contributed by atoms with Crippen LogP contribution in [0.15, 0.2) is 18.2 Å². The number of phenolic OH excluding ortho intramolecular Hbond substituents is 1. The Kier molecular flexibility index (Phi) is 4.44. The Morgan fingerprint density at radius 1 is 1.44 bits per heavy atom. The van der Waals surface area contributed by atoms with Crippen molar-refractivity contribution in [1.29, 1.82) is 0 Å². The number of aromatic hydroxyl groups is 1. The largest absolute Gasteiger partial charge is 0.507 e. The van der Waals surface area contributed by atoms with Crippen molar-refractivity contribution in [3.05, 3.63) is 23.8 Å². The van der Waals surface area contributed by atoms with Crippen molar-refractivity contribution in [3.63, 3.8) is 0 Å². The molecule has 0 aromatic heterocycles. The van der Waals surface area contributed by atoms with Gasteiger partial charge in [0.25, 0.3) is 0 Å². The van der Waals surface area contributed by atoms with E-state index >= 15 is 0 Å². The second-order valence-electron chi connectivity index (χ2n) is 4.14. The molecule has 0 heterocycles. The van der Waals surface area contributed by atoms with Gasteiger partial charge in [0.15, 0.2) is 0 Å². The number of hydrogen-bond acceptors (Lipinski definition) is 3. The maximum atomic E-state index is 9.80. The number of nitrogens with two attached hydrogens (primary N) is 1. The van der Waals surface area contributed by atoms with Crippen LogP contribution in [-0.4, -0.2) is 12.2 Å². The summed E-state index contributed by atoms with van der Waals surface area (Å²) in [6, 6.07) is 5.28. The highest BCUT2D eigenvalue weighted by molar-refractivity contribution is 5.85. The maximum Gasteiger partial charge on any atom is 0.124 e. The Morgan fingerprint density at radius 3 is 2.56 bits per heavy atom. The highest BCUT2D eigenvalue weighted by atomic mass is 35.5. The molecule has 3 N–H and O–H groups in total. The van der Waals surface area contributed by atoms with E-state index in [1.807, 2.05) is 12.1 Å². The van der Waals surface area contributed by atoms with Crippen molar-refractivity contribution in [2.45, 2.75) is 25.3 Å². The van der Waals surface area contributed by atoms with Gasteiger partial charge >= 0.3 is 0 Å². The molecule has 1 fully saturated rings. The molecule has 0 spiro atoms. The Morgan fingerprint density at radius 2 is 2.12 bits per heavy atom. The minimum atomic E-state index is -0.0374. The zero-order valence-corrected chi connectivity index (χ0v) is 10.2. The molecule has 0 aliphatic heterocycles. The van der Waals surface area contributed by atoms with E-state index in [2.05, 4.69) is 0 Å². The average molecular weight is 244 g/mol. The van der Waals surface area contributed by atoms with E-state index in [1.54, 1.807) is 13.2 Å². The van der Waals surface area contributed by atoms with E-state index in [4.69, 9.17) is 10.5 Å². The fraction of sp³-hybridized carbons (Fsp3) is 0.500. The first kappa shape index (κ1) is 13.1. The molecule has 1 saturated carbocycles. The van der Waals surface area contributed by atoms with Gasteiger partial charge in [-0.3, -0.25) is 0 Å². The first-order valence-corrected chi connectivity index (χ1v) is 5.35. The first-order valence-electron chi connectivity index (χ1n) is 5.35. The van der Waals surface area contributed by atoms with Crippen LogP contribution in [0, 0.1) is 5.92 Å². The fourth-order valence-electron chi connectivity index (χ4n) is 1.99. The second-order valence-corrected chi connectivity index (χ2v) is 4.14. The van der Waals surface area contributed by atoms with Crippen LogP contribution in [0.25, 0.3) is 0 Å². The summed E-state index contributed by atoms with van der Waals surface area (Å²) < 4.78 is 5.03. The molecule has 2 rings (SSSR count). The van der Waals surface area contributed by atoms with Crippen molar-refractivity contribution in [1.82, 2.24) is 0 Å².